The number of hydrogen-bond acceptors (Lipinski definition) is 7. The summed E-state index contributed by atoms with van der Waals surface area (Å²) in [7, 11) is -3.60. The standard InChI is InChI=1S/C16H16BrN5O4S/c1-10-13(9-18)15(23)20-16(24)14(10)22-21-11-3-5-12(6-4-11)27(25,26)19-8-2-7-17/h3-6,19H,2,7-8H2,1H3,(H2,20,23,24). The van der Waals surface area contributed by atoms with Crippen LogP contribution >= 0.6 is 15.9 Å². The summed E-state index contributed by atoms with van der Waals surface area (Å²) >= 11 is 3.23. The van der Waals surface area contributed by atoms with E-state index in [2.05, 4.69) is 35.9 Å². The maximum absolute atomic E-state index is 12.1. The molecule has 142 valence electrons. The highest BCUT2D eigenvalue weighted by molar-refractivity contribution is 9.09. The van der Waals surface area contributed by atoms with Gasteiger partial charge in [0.25, 0.3) is 5.56 Å². The second kappa shape index (κ2) is 8.90. The Morgan fingerprint density at radius 2 is 1.96 bits per heavy atom. The number of aromatic hydroxyl groups is 1. The highest BCUT2D eigenvalue weighted by atomic mass is 79.9. The van der Waals surface area contributed by atoms with Crippen molar-refractivity contribution in [3.8, 4) is 11.9 Å². The number of rotatable bonds is 7. The fourth-order valence-electron chi connectivity index (χ4n) is 2.11. The van der Waals surface area contributed by atoms with Crippen LogP contribution in [0.3, 0.4) is 0 Å². The van der Waals surface area contributed by atoms with Crippen LogP contribution in [0.4, 0.5) is 11.4 Å². The van der Waals surface area contributed by atoms with E-state index in [1.807, 2.05) is 0 Å². The predicted octanol–water partition coefficient (Wildman–Crippen LogP) is 2.74. The second-order valence-electron chi connectivity index (χ2n) is 5.40. The van der Waals surface area contributed by atoms with Gasteiger partial charge in [0.05, 0.1) is 10.6 Å². The molecule has 0 atom stereocenters. The number of aromatic amines is 1. The van der Waals surface area contributed by atoms with E-state index in [0.717, 1.165) is 0 Å². The maximum atomic E-state index is 12.1. The summed E-state index contributed by atoms with van der Waals surface area (Å²) in [5.41, 5.74) is -0.402. The molecule has 2 aromatic rings. The number of pyridine rings is 1. The SMILES string of the molecule is Cc1c(N=Nc2ccc(S(=O)(=O)NCCCBr)cc2)c(O)[nH]c(=O)c1C#N. The molecule has 0 amide bonds. The number of nitrogens with one attached hydrogen (secondary N) is 2. The van der Waals surface area contributed by atoms with E-state index in [4.69, 9.17) is 5.26 Å². The summed E-state index contributed by atoms with van der Waals surface area (Å²) in [4.78, 5) is 13.8. The Morgan fingerprint density at radius 3 is 2.56 bits per heavy atom. The molecule has 0 unspecified atom stereocenters. The van der Waals surface area contributed by atoms with Gasteiger partial charge in [0.2, 0.25) is 15.9 Å². The molecule has 9 nitrogen and oxygen atoms in total. The molecule has 27 heavy (non-hydrogen) atoms. The van der Waals surface area contributed by atoms with Crippen molar-refractivity contribution in [2.75, 3.05) is 11.9 Å². The van der Waals surface area contributed by atoms with Gasteiger partial charge in [-0.3, -0.25) is 9.78 Å². The molecule has 1 aromatic heterocycles. The zero-order chi connectivity index (χ0) is 20.0. The molecule has 3 N–H and O–H groups in total. The Morgan fingerprint density at radius 1 is 1.30 bits per heavy atom. The molecule has 0 saturated carbocycles. The third kappa shape index (κ3) is 5.00. The first-order chi connectivity index (χ1) is 12.8. The Hall–Kier alpha value is -2.55. The van der Waals surface area contributed by atoms with Gasteiger partial charge in [0.1, 0.15) is 17.3 Å². The van der Waals surface area contributed by atoms with Crippen LogP contribution in [0.5, 0.6) is 5.88 Å². The highest BCUT2D eigenvalue weighted by Crippen LogP contribution is 2.30. The minimum Gasteiger partial charge on any atom is -0.493 e. The van der Waals surface area contributed by atoms with E-state index < -0.39 is 21.5 Å². The number of sulfonamides is 1. The molecule has 11 heteroatoms. The van der Waals surface area contributed by atoms with Crippen molar-refractivity contribution in [1.82, 2.24) is 9.71 Å². The first kappa shape index (κ1) is 20.8. The van der Waals surface area contributed by atoms with E-state index in [9.17, 15) is 18.3 Å². The number of halogens is 1. The van der Waals surface area contributed by atoms with Crippen molar-refractivity contribution in [3.05, 3.63) is 45.7 Å². The molecular weight excluding hydrogens is 438 g/mol. The van der Waals surface area contributed by atoms with Crippen LogP contribution in [0.1, 0.15) is 17.5 Å². The highest BCUT2D eigenvalue weighted by Gasteiger charge is 2.14. The topological polar surface area (TPSA) is 148 Å². The van der Waals surface area contributed by atoms with E-state index in [0.29, 0.717) is 24.0 Å². The smallest absolute Gasteiger partial charge is 0.269 e. The van der Waals surface area contributed by atoms with Crippen molar-refractivity contribution >= 4 is 37.3 Å². The number of alkyl halides is 1. The van der Waals surface area contributed by atoms with Crippen LogP contribution in [0, 0.1) is 18.3 Å². The molecule has 0 aliphatic rings. The average molecular weight is 454 g/mol. The zero-order valence-electron chi connectivity index (χ0n) is 14.2. The Kier molecular flexibility index (Phi) is 6.84. The largest absolute Gasteiger partial charge is 0.493 e. The molecule has 2 rings (SSSR count). The fraction of sp³-hybridized carbons (Fsp3) is 0.250. The van der Waals surface area contributed by atoms with Gasteiger partial charge in [0.15, 0.2) is 0 Å². The first-order valence-electron chi connectivity index (χ1n) is 7.73. The number of nitriles is 1. The Bertz CT molecular complexity index is 1060. The number of azo groups is 1. The van der Waals surface area contributed by atoms with Crippen LogP contribution < -0.4 is 10.3 Å². The monoisotopic (exact) mass is 453 g/mol. The summed E-state index contributed by atoms with van der Waals surface area (Å²) in [5, 5.41) is 27.3. The van der Waals surface area contributed by atoms with Crippen molar-refractivity contribution < 1.29 is 13.5 Å². The van der Waals surface area contributed by atoms with Crippen LogP contribution in [0.2, 0.25) is 0 Å². The molecule has 0 aliphatic heterocycles. The van der Waals surface area contributed by atoms with Crippen LogP contribution in [0.15, 0.2) is 44.2 Å². The third-order valence-corrected chi connectivity index (χ3v) is 5.58. The number of benzene rings is 1. The zero-order valence-corrected chi connectivity index (χ0v) is 16.6. The van der Waals surface area contributed by atoms with Gasteiger partial charge in [-0.1, -0.05) is 15.9 Å². The lowest BCUT2D eigenvalue weighted by atomic mass is 10.1. The van der Waals surface area contributed by atoms with Crippen molar-refractivity contribution in [3.63, 3.8) is 0 Å². The molecule has 0 bridgehead atoms. The molecule has 1 aromatic carbocycles. The molecule has 0 radical (unpaired) electrons. The van der Waals surface area contributed by atoms with E-state index in [-0.39, 0.29) is 21.7 Å². The fourth-order valence-corrected chi connectivity index (χ4v) is 3.46. The lowest BCUT2D eigenvalue weighted by molar-refractivity contribution is 0.452. The molecule has 0 saturated heterocycles. The van der Waals surface area contributed by atoms with Gasteiger partial charge < -0.3 is 5.11 Å². The average Bonchev–Trinajstić information content (AvgIpc) is 2.62. The van der Waals surface area contributed by atoms with Gasteiger partial charge in [0, 0.05) is 17.4 Å². The lowest BCUT2D eigenvalue weighted by Gasteiger charge is -2.06. The van der Waals surface area contributed by atoms with Gasteiger partial charge in [-0.05, 0) is 37.6 Å². The molecule has 0 aliphatic carbocycles. The number of H-pyrrole nitrogens is 1. The summed E-state index contributed by atoms with van der Waals surface area (Å²) in [6.07, 6.45) is 0.665. The summed E-state index contributed by atoms with van der Waals surface area (Å²) in [6.45, 7) is 1.79. The summed E-state index contributed by atoms with van der Waals surface area (Å²) < 4.78 is 26.7. The van der Waals surface area contributed by atoms with Crippen LogP contribution in [-0.4, -0.2) is 30.4 Å². The van der Waals surface area contributed by atoms with Crippen LogP contribution in [0.25, 0.3) is 0 Å². The lowest BCUT2D eigenvalue weighted by Crippen LogP contribution is -2.24. The molecule has 0 spiro atoms. The van der Waals surface area contributed by atoms with Crippen molar-refractivity contribution in [2.24, 2.45) is 10.2 Å². The molecular formula is C16H16BrN5O4S. The minimum atomic E-state index is -3.60. The number of hydrogen-bond donors (Lipinski definition) is 3. The van der Waals surface area contributed by atoms with Gasteiger partial charge in [-0.15, -0.1) is 5.11 Å². The Balaban J connectivity index is 2.25. The van der Waals surface area contributed by atoms with E-state index in [1.165, 1.54) is 31.2 Å². The van der Waals surface area contributed by atoms with Crippen LogP contribution in [-0.2, 0) is 10.0 Å². The van der Waals surface area contributed by atoms with Crippen molar-refractivity contribution in [2.45, 2.75) is 18.2 Å². The first-order valence-corrected chi connectivity index (χ1v) is 10.3. The minimum absolute atomic E-state index is 0.0423. The molecule has 1 heterocycles. The van der Waals surface area contributed by atoms with E-state index >= 15 is 0 Å². The normalized spacial score (nSPS) is 11.6. The summed E-state index contributed by atoms with van der Waals surface area (Å²) in [5.74, 6) is -0.504. The Labute approximate surface area is 164 Å². The van der Waals surface area contributed by atoms with E-state index in [1.54, 1.807) is 6.07 Å². The number of nitrogens with zero attached hydrogens (tertiary/aromatic N) is 3. The third-order valence-electron chi connectivity index (χ3n) is 3.54. The van der Waals surface area contributed by atoms with Gasteiger partial charge >= 0.3 is 0 Å². The number of aromatic nitrogens is 1. The quantitative estimate of drug-likeness (QED) is 0.334. The van der Waals surface area contributed by atoms with Gasteiger partial charge in [-0.2, -0.15) is 10.4 Å². The predicted molar refractivity (Wildman–Crippen MR) is 102 cm³/mol. The van der Waals surface area contributed by atoms with Gasteiger partial charge in [-0.25, -0.2) is 13.1 Å². The second-order valence-corrected chi connectivity index (χ2v) is 7.96. The molecule has 0 fully saturated rings. The summed E-state index contributed by atoms with van der Waals surface area (Å²) in [6, 6.07) is 7.40. The maximum Gasteiger partial charge on any atom is 0.269 e. The van der Waals surface area contributed by atoms with Crippen molar-refractivity contribution in [1.29, 1.82) is 5.26 Å².